The van der Waals surface area contributed by atoms with Crippen molar-refractivity contribution in [2.24, 2.45) is 0 Å². The summed E-state index contributed by atoms with van der Waals surface area (Å²) in [6.07, 6.45) is 3.22. The maximum Gasteiger partial charge on any atom is 0.0564 e. The van der Waals surface area contributed by atoms with E-state index in [-0.39, 0.29) is 6.10 Å². The third kappa shape index (κ3) is 2.22. The summed E-state index contributed by atoms with van der Waals surface area (Å²) >= 11 is 0. The minimum atomic E-state index is -0.0321. The summed E-state index contributed by atoms with van der Waals surface area (Å²) in [4.78, 5) is 4.95. The first-order chi connectivity index (χ1) is 6.25. The number of hydrogen-bond donors (Lipinski definition) is 1. The first-order valence-corrected chi connectivity index (χ1v) is 5.36. The van der Waals surface area contributed by atoms with Crippen LogP contribution in [-0.2, 0) is 0 Å². The molecule has 0 aromatic rings. The van der Waals surface area contributed by atoms with Crippen molar-refractivity contribution in [3.8, 4) is 0 Å². The van der Waals surface area contributed by atoms with Gasteiger partial charge in [-0.3, -0.25) is 4.90 Å². The summed E-state index contributed by atoms with van der Waals surface area (Å²) in [5, 5.41) is 9.38. The molecule has 0 bridgehead atoms. The minimum absolute atomic E-state index is 0.0321. The minimum Gasteiger partial charge on any atom is -0.393 e. The number of aliphatic hydroxyl groups is 1. The Hall–Kier alpha value is -0.120. The molecule has 3 nitrogen and oxygen atoms in total. The number of piperidine rings is 1. The van der Waals surface area contributed by atoms with Crippen molar-refractivity contribution in [1.29, 1.82) is 0 Å². The largest absolute Gasteiger partial charge is 0.393 e. The highest BCUT2D eigenvalue weighted by atomic mass is 16.3. The third-order valence-electron chi connectivity index (χ3n) is 3.38. The summed E-state index contributed by atoms with van der Waals surface area (Å²) < 4.78 is 0. The molecule has 1 atom stereocenters. The van der Waals surface area contributed by atoms with Crippen LogP contribution >= 0.6 is 0 Å². The molecule has 0 aliphatic carbocycles. The molecule has 3 heteroatoms. The van der Waals surface area contributed by atoms with Gasteiger partial charge >= 0.3 is 0 Å². The quantitative estimate of drug-likeness (QED) is 0.628. The molecule has 1 N–H and O–H groups in total. The number of hydrogen-bond acceptors (Lipinski definition) is 3. The molecule has 2 aliphatic heterocycles. The van der Waals surface area contributed by atoms with E-state index in [4.69, 9.17) is 0 Å². The zero-order chi connectivity index (χ0) is 9.26. The lowest BCUT2D eigenvalue weighted by atomic mass is 10.1. The molecule has 2 aliphatic rings. The Bertz CT molecular complexity index is 166. The third-order valence-corrected chi connectivity index (χ3v) is 3.38. The maximum atomic E-state index is 9.38. The number of nitrogens with zero attached hydrogens (tertiary/aromatic N) is 2. The number of likely N-dealkylation sites (tertiary alicyclic amines) is 2. The van der Waals surface area contributed by atoms with Crippen LogP contribution in [0.3, 0.4) is 0 Å². The molecule has 0 radical (unpaired) electrons. The molecule has 13 heavy (non-hydrogen) atoms. The Morgan fingerprint density at radius 3 is 2.31 bits per heavy atom. The fraction of sp³-hybridized carbons (Fsp3) is 1.00. The van der Waals surface area contributed by atoms with E-state index in [1.54, 1.807) is 0 Å². The Morgan fingerprint density at radius 2 is 1.77 bits per heavy atom. The van der Waals surface area contributed by atoms with Crippen LogP contribution in [0, 0.1) is 0 Å². The van der Waals surface area contributed by atoms with Gasteiger partial charge in [-0.05, 0) is 32.9 Å². The topological polar surface area (TPSA) is 26.7 Å². The summed E-state index contributed by atoms with van der Waals surface area (Å²) in [6, 6.07) is 0.762. The van der Waals surface area contributed by atoms with Gasteiger partial charge in [0.2, 0.25) is 0 Å². The van der Waals surface area contributed by atoms with Crippen molar-refractivity contribution in [3.05, 3.63) is 0 Å². The standard InChI is InChI=1S/C10H20N2O/c1-11-5-2-9(8-11)12-6-3-10(13)4-7-12/h9-10,13H,2-8H2,1H3. The molecule has 0 spiro atoms. The molecule has 2 heterocycles. The number of rotatable bonds is 1. The highest BCUT2D eigenvalue weighted by Gasteiger charge is 2.28. The van der Waals surface area contributed by atoms with Gasteiger partial charge in [-0.1, -0.05) is 0 Å². The van der Waals surface area contributed by atoms with E-state index in [9.17, 15) is 5.11 Å². The predicted octanol–water partition coefficient (Wildman–Crippen LogP) is 0.147. The first-order valence-electron chi connectivity index (χ1n) is 5.36. The summed E-state index contributed by atoms with van der Waals surface area (Å²) in [5.74, 6) is 0. The van der Waals surface area contributed by atoms with E-state index in [2.05, 4.69) is 16.8 Å². The summed E-state index contributed by atoms with van der Waals surface area (Å²) in [6.45, 7) is 4.65. The van der Waals surface area contributed by atoms with Crippen molar-refractivity contribution >= 4 is 0 Å². The monoisotopic (exact) mass is 184 g/mol. The van der Waals surface area contributed by atoms with Gasteiger partial charge in [-0.25, -0.2) is 0 Å². The van der Waals surface area contributed by atoms with Crippen LogP contribution in [0.25, 0.3) is 0 Å². The lowest BCUT2D eigenvalue weighted by Gasteiger charge is -2.34. The molecular weight excluding hydrogens is 164 g/mol. The Balaban J connectivity index is 1.81. The second-order valence-electron chi connectivity index (χ2n) is 4.47. The zero-order valence-electron chi connectivity index (χ0n) is 8.45. The van der Waals surface area contributed by atoms with Gasteiger partial charge in [0.05, 0.1) is 6.10 Å². The van der Waals surface area contributed by atoms with Crippen molar-refractivity contribution in [1.82, 2.24) is 9.80 Å². The summed E-state index contributed by atoms with van der Waals surface area (Å²) in [5.41, 5.74) is 0. The highest BCUT2D eigenvalue weighted by Crippen LogP contribution is 2.19. The Labute approximate surface area is 80.3 Å². The first kappa shape index (κ1) is 9.44. The van der Waals surface area contributed by atoms with Gasteiger partial charge in [0, 0.05) is 25.7 Å². The molecule has 2 fully saturated rings. The Morgan fingerprint density at radius 1 is 1.08 bits per heavy atom. The van der Waals surface area contributed by atoms with E-state index in [1.165, 1.54) is 19.5 Å². The van der Waals surface area contributed by atoms with Crippen molar-refractivity contribution in [2.45, 2.75) is 31.4 Å². The second kappa shape index (κ2) is 3.95. The molecule has 0 aromatic heterocycles. The van der Waals surface area contributed by atoms with Gasteiger partial charge in [-0.2, -0.15) is 0 Å². The van der Waals surface area contributed by atoms with Crippen LogP contribution in [0.2, 0.25) is 0 Å². The molecule has 2 rings (SSSR count). The van der Waals surface area contributed by atoms with Gasteiger partial charge in [-0.15, -0.1) is 0 Å². The molecular formula is C10H20N2O. The predicted molar refractivity (Wildman–Crippen MR) is 52.7 cm³/mol. The average molecular weight is 184 g/mol. The van der Waals surface area contributed by atoms with Crippen LogP contribution in [0.1, 0.15) is 19.3 Å². The molecule has 0 saturated carbocycles. The average Bonchev–Trinajstić information content (AvgIpc) is 2.53. The molecule has 0 amide bonds. The fourth-order valence-corrected chi connectivity index (χ4v) is 2.46. The Kier molecular flexibility index (Phi) is 2.86. The van der Waals surface area contributed by atoms with E-state index in [0.717, 1.165) is 32.0 Å². The van der Waals surface area contributed by atoms with E-state index in [1.807, 2.05) is 0 Å². The molecule has 0 aromatic carbocycles. The molecule has 76 valence electrons. The van der Waals surface area contributed by atoms with Crippen LogP contribution in [0.4, 0.5) is 0 Å². The van der Waals surface area contributed by atoms with Crippen molar-refractivity contribution in [2.75, 3.05) is 33.2 Å². The second-order valence-corrected chi connectivity index (χ2v) is 4.47. The van der Waals surface area contributed by atoms with Crippen LogP contribution in [-0.4, -0.2) is 60.3 Å². The lowest BCUT2D eigenvalue weighted by Crippen LogP contribution is -2.43. The van der Waals surface area contributed by atoms with Gasteiger partial charge in [0.1, 0.15) is 0 Å². The normalized spacial score (nSPS) is 34.2. The smallest absolute Gasteiger partial charge is 0.0564 e. The maximum absolute atomic E-state index is 9.38. The van der Waals surface area contributed by atoms with Crippen molar-refractivity contribution in [3.63, 3.8) is 0 Å². The summed E-state index contributed by atoms with van der Waals surface area (Å²) in [7, 11) is 2.19. The van der Waals surface area contributed by atoms with Crippen molar-refractivity contribution < 1.29 is 5.11 Å². The van der Waals surface area contributed by atoms with E-state index >= 15 is 0 Å². The van der Waals surface area contributed by atoms with Crippen LogP contribution in [0.15, 0.2) is 0 Å². The van der Waals surface area contributed by atoms with Crippen LogP contribution < -0.4 is 0 Å². The van der Waals surface area contributed by atoms with E-state index < -0.39 is 0 Å². The molecule has 1 unspecified atom stereocenters. The van der Waals surface area contributed by atoms with Gasteiger partial charge < -0.3 is 10.0 Å². The molecule has 2 saturated heterocycles. The van der Waals surface area contributed by atoms with Crippen LogP contribution in [0.5, 0.6) is 0 Å². The van der Waals surface area contributed by atoms with E-state index in [0.29, 0.717) is 0 Å². The fourth-order valence-electron chi connectivity index (χ4n) is 2.46. The lowest BCUT2D eigenvalue weighted by molar-refractivity contribution is 0.0630. The number of likely N-dealkylation sites (N-methyl/N-ethyl adjacent to an activating group) is 1. The SMILES string of the molecule is CN1CCC(N2CCC(O)CC2)C1. The highest BCUT2D eigenvalue weighted by molar-refractivity contribution is 4.84. The van der Waals surface area contributed by atoms with Gasteiger partial charge in [0.15, 0.2) is 0 Å². The zero-order valence-corrected chi connectivity index (χ0v) is 8.45. The number of aliphatic hydroxyl groups excluding tert-OH is 1. The van der Waals surface area contributed by atoms with Gasteiger partial charge in [0.25, 0.3) is 0 Å².